The van der Waals surface area contributed by atoms with Gasteiger partial charge >= 0.3 is 0 Å². The normalized spacial score (nSPS) is 10.3. The highest BCUT2D eigenvalue weighted by molar-refractivity contribution is 7.80. The summed E-state index contributed by atoms with van der Waals surface area (Å²) < 4.78 is 31.5. The van der Waals surface area contributed by atoms with Crippen molar-refractivity contribution >= 4 is 28.8 Å². The van der Waals surface area contributed by atoms with Crippen LogP contribution in [0.5, 0.6) is 5.75 Å². The van der Waals surface area contributed by atoms with Crippen LogP contribution in [0.2, 0.25) is 5.02 Å². The van der Waals surface area contributed by atoms with E-state index in [4.69, 9.17) is 34.3 Å². The molecule has 0 unspecified atom stereocenters. The quantitative estimate of drug-likeness (QED) is 0.871. The minimum Gasteiger partial charge on any atom is -0.487 e. The van der Waals surface area contributed by atoms with Crippen molar-refractivity contribution < 1.29 is 13.5 Å². The maximum Gasteiger partial charge on any atom is 0.138 e. The Bertz CT molecular complexity index is 664. The molecule has 0 bridgehead atoms. The standard InChI is InChI=1S/C14H10ClF2NOS/c15-12-6-10(17)3-4-13(12)19-7-8-1-2-9(16)5-11(8)14(18)20/h1-6H,7H2,(H2,18,20). The van der Waals surface area contributed by atoms with Crippen LogP contribution in [0.15, 0.2) is 36.4 Å². The number of halogens is 3. The van der Waals surface area contributed by atoms with Gasteiger partial charge in [-0.15, -0.1) is 0 Å². The molecule has 0 spiro atoms. The highest BCUT2D eigenvalue weighted by atomic mass is 35.5. The zero-order valence-corrected chi connectivity index (χ0v) is 11.8. The van der Waals surface area contributed by atoms with Gasteiger partial charge in [0.1, 0.15) is 29.0 Å². The first-order valence-corrected chi connectivity index (χ1v) is 6.42. The molecule has 2 nitrogen and oxygen atoms in total. The Morgan fingerprint density at radius 3 is 2.45 bits per heavy atom. The number of thiocarbonyl (C=S) groups is 1. The predicted molar refractivity (Wildman–Crippen MR) is 78.0 cm³/mol. The average molecular weight is 314 g/mol. The summed E-state index contributed by atoms with van der Waals surface area (Å²) in [7, 11) is 0. The van der Waals surface area contributed by atoms with Gasteiger partial charge in [0.2, 0.25) is 0 Å². The monoisotopic (exact) mass is 313 g/mol. The lowest BCUT2D eigenvalue weighted by Gasteiger charge is -2.11. The molecule has 0 amide bonds. The Labute approximate surface area is 125 Å². The predicted octanol–water partition coefficient (Wildman–Crippen LogP) is 3.83. The molecule has 0 saturated carbocycles. The van der Waals surface area contributed by atoms with E-state index < -0.39 is 11.6 Å². The third kappa shape index (κ3) is 3.43. The molecule has 0 aliphatic carbocycles. The van der Waals surface area contributed by atoms with E-state index in [1.165, 1.54) is 30.3 Å². The summed E-state index contributed by atoms with van der Waals surface area (Å²) in [6, 6.07) is 7.86. The summed E-state index contributed by atoms with van der Waals surface area (Å²) in [5.41, 5.74) is 6.56. The van der Waals surface area contributed by atoms with Gasteiger partial charge in [-0.05, 0) is 35.9 Å². The van der Waals surface area contributed by atoms with Crippen molar-refractivity contribution in [2.75, 3.05) is 0 Å². The van der Waals surface area contributed by atoms with Gasteiger partial charge in [0.15, 0.2) is 0 Å². The second-order valence-electron chi connectivity index (χ2n) is 4.03. The van der Waals surface area contributed by atoms with Crippen LogP contribution < -0.4 is 10.5 Å². The lowest BCUT2D eigenvalue weighted by Crippen LogP contribution is -2.14. The number of hydrogen-bond donors (Lipinski definition) is 1. The summed E-state index contributed by atoms with van der Waals surface area (Å²) >= 11 is 10.7. The molecule has 0 saturated heterocycles. The Hall–Kier alpha value is -1.72. The molecule has 2 aromatic rings. The molecule has 0 radical (unpaired) electrons. The van der Waals surface area contributed by atoms with Crippen LogP contribution in [-0.2, 0) is 6.61 Å². The number of ether oxygens (including phenoxy) is 1. The highest BCUT2D eigenvalue weighted by Crippen LogP contribution is 2.26. The fourth-order valence-corrected chi connectivity index (χ4v) is 2.06. The molecule has 2 rings (SSSR count). The number of rotatable bonds is 4. The molecule has 104 valence electrons. The average Bonchev–Trinajstić information content (AvgIpc) is 2.38. The minimum absolute atomic E-state index is 0.0771. The Morgan fingerprint density at radius 1 is 1.15 bits per heavy atom. The van der Waals surface area contributed by atoms with E-state index in [1.54, 1.807) is 0 Å². The molecular weight excluding hydrogens is 304 g/mol. The highest BCUT2D eigenvalue weighted by Gasteiger charge is 2.09. The van der Waals surface area contributed by atoms with Gasteiger partial charge in [-0.3, -0.25) is 0 Å². The summed E-state index contributed by atoms with van der Waals surface area (Å²) in [6.45, 7) is 0.0955. The first-order valence-electron chi connectivity index (χ1n) is 5.63. The van der Waals surface area contributed by atoms with E-state index in [1.807, 2.05) is 0 Å². The Balaban J connectivity index is 2.20. The molecule has 0 aliphatic heterocycles. The van der Waals surface area contributed by atoms with E-state index in [-0.39, 0.29) is 16.6 Å². The number of hydrogen-bond acceptors (Lipinski definition) is 2. The van der Waals surface area contributed by atoms with E-state index in [0.29, 0.717) is 16.9 Å². The molecule has 2 aromatic carbocycles. The summed E-state index contributed by atoms with van der Waals surface area (Å²) in [5.74, 6) is -0.560. The molecular formula is C14H10ClF2NOS. The maximum atomic E-state index is 13.2. The van der Waals surface area contributed by atoms with Gasteiger partial charge in [-0.25, -0.2) is 8.78 Å². The maximum absolute atomic E-state index is 13.2. The molecule has 0 aromatic heterocycles. The van der Waals surface area contributed by atoms with Gasteiger partial charge < -0.3 is 10.5 Å². The SMILES string of the molecule is NC(=S)c1cc(F)ccc1COc1ccc(F)cc1Cl. The first-order chi connectivity index (χ1) is 9.47. The van der Waals surface area contributed by atoms with Crippen LogP contribution in [0.4, 0.5) is 8.78 Å². The van der Waals surface area contributed by atoms with Crippen molar-refractivity contribution in [3.05, 3.63) is 64.2 Å². The van der Waals surface area contributed by atoms with E-state index >= 15 is 0 Å². The van der Waals surface area contributed by atoms with Gasteiger partial charge in [-0.2, -0.15) is 0 Å². The summed E-state index contributed by atoms with van der Waals surface area (Å²) in [6.07, 6.45) is 0. The first kappa shape index (κ1) is 14.7. The van der Waals surface area contributed by atoms with Gasteiger partial charge in [0.05, 0.1) is 5.02 Å². The minimum atomic E-state index is -0.451. The van der Waals surface area contributed by atoms with Crippen molar-refractivity contribution in [2.45, 2.75) is 6.61 Å². The lowest BCUT2D eigenvalue weighted by atomic mass is 10.1. The van der Waals surface area contributed by atoms with Crippen molar-refractivity contribution in [1.29, 1.82) is 0 Å². The topological polar surface area (TPSA) is 35.2 Å². The number of nitrogens with two attached hydrogens (primary N) is 1. The second-order valence-corrected chi connectivity index (χ2v) is 4.88. The van der Waals surface area contributed by atoms with Crippen LogP contribution in [0, 0.1) is 11.6 Å². The summed E-state index contributed by atoms with van der Waals surface area (Å²) in [5, 5.41) is 0.156. The van der Waals surface area contributed by atoms with Crippen LogP contribution in [0.3, 0.4) is 0 Å². The number of benzene rings is 2. The van der Waals surface area contributed by atoms with Crippen molar-refractivity contribution in [3.8, 4) is 5.75 Å². The van der Waals surface area contributed by atoms with Crippen molar-refractivity contribution in [1.82, 2.24) is 0 Å². The third-order valence-corrected chi connectivity index (χ3v) is 3.13. The zero-order chi connectivity index (χ0) is 14.7. The molecule has 20 heavy (non-hydrogen) atoms. The van der Waals surface area contributed by atoms with Crippen molar-refractivity contribution in [3.63, 3.8) is 0 Å². The third-order valence-electron chi connectivity index (χ3n) is 2.61. The van der Waals surface area contributed by atoms with E-state index in [0.717, 1.165) is 6.07 Å². The fourth-order valence-electron chi connectivity index (χ4n) is 1.65. The van der Waals surface area contributed by atoms with Crippen LogP contribution in [0.1, 0.15) is 11.1 Å². The van der Waals surface area contributed by atoms with Gasteiger partial charge in [-0.1, -0.05) is 29.9 Å². The van der Waals surface area contributed by atoms with Crippen molar-refractivity contribution in [2.24, 2.45) is 5.73 Å². The van der Waals surface area contributed by atoms with Gasteiger partial charge in [0.25, 0.3) is 0 Å². The van der Waals surface area contributed by atoms with Crippen LogP contribution >= 0.6 is 23.8 Å². The Morgan fingerprint density at radius 2 is 1.80 bits per heavy atom. The zero-order valence-electron chi connectivity index (χ0n) is 10.2. The molecule has 0 fully saturated rings. The molecule has 0 aliphatic rings. The lowest BCUT2D eigenvalue weighted by molar-refractivity contribution is 0.305. The molecule has 0 heterocycles. The fraction of sp³-hybridized carbons (Fsp3) is 0.0714. The van der Waals surface area contributed by atoms with Crippen LogP contribution in [0.25, 0.3) is 0 Å². The summed E-state index contributed by atoms with van der Waals surface area (Å²) in [4.78, 5) is 0.0771. The molecule has 2 N–H and O–H groups in total. The molecule has 0 atom stereocenters. The smallest absolute Gasteiger partial charge is 0.138 e. The Kier molecular flexibility index (Phi) is 4.52. The van der Waals surface area contributed by atoms with Gasteiger partial charge in [0, 0.05) is 5.56 Å². The second kappa shape index (κ2) is 6.15. The van der Waals surface area contributed by atoms with Crippen LogP contribution in [-0.4, -0.2) is 4.99 Å². The molecule has 6 heteroatoms. The van der Waals surface area contributed by atoms with E-state index in [9.17, 15) is 8.78 Å². The largest absolute Gasteiger partial charge is 0.487 e. The van der Waals surface area contributed by atoms with E-state index in [2.05, 4.69) is 0 Å².